The van der Waals surface area contributed by atoms with Crippen LogP contribution in [0.3, 0.4) is 0 Å². The lowest BCUT2D eigenvalue weighted by Crippen LogP contribution is -2.63. The number of aliphatic hydroxyl groups excluding tert-OH is 1. The molecule has 1 amide bonds. The fraction of sp³-hybridized carbons (Fsp3) is 0.950. The molecule has 1 N–H and O–H groups in total. The molecule has 24 heavy (non-hydrogen) atoms. The monoisotopic (exact) mass is 337 g/mol. The van der Waals surface area contributed by atoms with Crippen molar-refractivity contribution in [3.8, 4) is 0 Å². The lowest BCUT2D eigenvalue weighted by Gasteiger charge is -2.56. The smallest absolute Gasteiger partial charge is 0.225 e. The number of carbonyl (C=O) groups excluding carboxylic acids is 1. The molecule has 0 aromatic carbocycles. The number of likely N-dealkylation sites (tertiary alicyclic amines) is 1. The minimum absolute atomic E-state index is 0.0813. The van der Waals surface area contributed by atoms with Gasteiger partial charge in [0.1, 0.15) is 0 Å². The molecule has 1 saturated heterocycles. The minimum Gasteiger partial charge on any atom is -0.392 e. The van der Waals surface area contributed by atoms with Crippen LogP contribution < -0.4 is 0 Å². The average Bonchev–Trinajstić information content (AvgIpc) is 2.61. The standard InChI is InChI=1S/C20H35NO3/c1-4-24-18-13-17(22)20(18)9-11-21(12-10-20)19(23)16-7-5-15(6-8-16)14(2)3/h14-18,22H,4-13H2,1-3H3. The van der Waals surface area contributed by atoms with E-state index in [0.29, 0.717) is 12.5 Å². The third kappa shape index (κ3) is 3.24. The molecule has 0 radical (unpaired) electrons. The molecular formula is C20H35NO3. The largest absolute Gasteiger partial charge is 0.392 e. The van der Waals surface area contributed by atoms with Gasteiger partial charge in [-0.25, -0.2) is 0 Å². The van der Waals surface area contributed by atoms with Crippen LogP contribution in [0.5, 0.6) is 0 Å². The number of nitrogens with zero attached hydrogens (tertiary/aromatic N) is 1. The zero-order chi connectivity index (χ0) is 17.3. The number of carbonyl (C=O) groups is 1. The van der Waals surface area contributed by atoms with Crippen LogP contribution in [0.25, 0.3) is 0 Å². The molecule has 1 heterocycles. The summed E-state index contributed by atoms with van der Waals surface area (Å²) in [7, 11) is 0. The molecule has 4 nitrogen and oxygen atoms in total. The van der Waals surface area contributed by atoms with Gasteiger partial charge in [0.05, 0.1) is 12.2 Å². The van der Waals surface area contributed by atoms with Crippen LogP contribution in [0.15, 0.2) is 0 Å². The molecule has 3 aliphatic rings. The van der Waals surface area contributed by atoms with Crippen LogP contribution >= 0.6 is 0 Å². The third-order valence-corrected chi connectivity index (χ3v) is 7.18. The Balaban J connectivity index is 1.51. The molecule has 3 fully saturated rings. The molecule has 3 rings (SSSR count). The normalized spacial score (nSPS) is 36.0. The van der Waals surface area contributed by atoms with Gasteiger partial charge < -0.3 is 14.7 Å². The zero-order valence-electron chi connectivity index (χ0n) is 15.7. The summed E-state index contributed by atoms with van der Waals surface area (Å²) in [6.07, 6.45) is 7.04. The number of hydrogen-bond acceptors (Lipinski definition) is 3. The molecule has 4 heteroatoms. The predicted molar refractivity (Wildman–Crippen MR) is 94.6 cm³/mol. The summed E-state index contributed by atoms with van der Waals surface area (Å²) in [5.41, 5.74) is -0.0813. The summed E-state index contributed by atoms with van der Waals surface area (Å²) in [4.78, 5) is 14.9. The number of piperidine rings is 1. The maximum atomic E-state index is 12.9. The van der Waals surface area contributed by atoms with Crippen molar-refractivity contribution >= 4 is 5.91 Å². The summed E-state index contributed by atoms with van der Waals surface area (Å²) in [5.74, 6) is 2.15. The third-order valence-electron chi connectivity index (χ3n) is 7.18. The van der Waals surface area contributed by atoms with Crippen LogP contribution in [-0.4, -0.2) is 47.8 Å². The van der Waals surface area contributed by atoms with Crippen molar-refractivity contribution < 1.29 is 14.6 Å². The highest BCUT2D eigenvalue weighted by molar-refractivity contribution is 5.79. The van der Waals surface area contributed by atoms with E-state index in [0.717, 1.165) is 57.0 Å². The number of aliphatic hydroxyl groups is 1. The number of rotatable bonds is 4. The van der Waals surface area contributed by atoms with E-state index in [-0.39, 0.29) is 23.5 Å². The van der Waals surface area contributed by atoms with Crippen molar-refractivity contribution in [1.82, 2.24) is 4.90 Å². The van der Waals surface area contributed by atoms with Gasteiger partial charge in [-0.3, -0.25) is 4.79 Å². The summed E-state index contributed by atoms with van der Waals surface area (Å²) < 4.78 is 5.82. The van der Waals surface area contributed by atoms with E-state index in [4.69, 9.17) is 4.74 Å². The Labute approximate surface area is 146 Å². The quantitative estimate of drug-likeness (QED) is 0.857. The highest BCUT2D eigenvalue weighted by Gasteiger charge is 2.56. The molecule has 2 unspecified atom stereocenters. The molecule has 138 valence electrons. The van der Waals surface area contributed by atoms with E-state index in [1.165, 1.54) is 12.8 Å². The second-order valence-electron chi connectivity index (χ2n) is 8.61. The Morgan fingerprint density at radius 1 is 1.21 bits per heavy atom. The zero-order valence-corrected chi connectivity index (χ0v) is 15.7. The van der Waals surface area contributed by atoms with Gasteiger partial charge in [0.25, 0.3) is 0 Å². The fourth-order valence-electron chi connectivity index (χ4n) is 5.25. The van der Waals surface area contributed by atoms with E-state index in [2.05, 4.69) is 18.7 Å². The number of amides is 1. The van der Waals surface area contributed by atoms with Crippen molar-refractivity contribution in [2.45, 2.75) is 77.9 Å². The molecule has 1 spiro atoms. The molecule has 0 aromatic rings. The Hall–Kier alpha value is -0.610. The minimum atomic E-state index is -0.243. The molecule has 1 aliphatic heterocycles. The highest BCUT2D eigenvalue weighted by atomic mass is 16.5. The first-order chi connectivity index (χ1) is 11.5. The second kappa shape index (κ2) is 7.33. The van der Waals surface area contributed by atoms with Crippen LogP contribution in [0, 0.1) is 23.2 Å². The molecule has 0 bridgehead atoms. The molecule has 2 atom stereocenters. The number of ether oxygens (including phenoxy) is 1. The van der Waals surface area contributed by atoms with E-state index < -0.39 is 0 Å². The van der Waals surface area contributed by atoms with E-state index in [9.17, 15) is 9.90 Å². The Morgan fingerprint density at radius 2 is 1.83 bits per heavy atom. The van der Waals surface area contributed by atoms with E-state index >= 15 is 0 Å². The predicted octanol–water partition coefficient (Wildman–Crippen LogP) is 3.23. The van der Waals surface area contributed by atoms with Crippen molar-refractivity contribution in [2.24, 2.45) is 23.2 Å². The van der Waals surface area contributed by atoms with Crippen molar-refractivity contribution in [3.05, 3.63) is 0 Å². The van der Waals surface area contributed by atoms with Crippen molar-refractivity contribution in [1.29, 1.82) is 0 Å². The van der Waals surface area contributed by atoms with Gasteiger partial charge in [-0.05, 0) is 57.3 Å². The van der Waals surface area contributed by atoms with Gasteiger partial charge in [0.2, 0.25) is 5.91 Å². The van der Waals surface area contributed by atoms with Gasteiger partial charge in [0.15, 0.2) is 0 Å². The maximum absolute atomic E-state index is 12.9. The summed E-state index contributed by atoms with van der Waals surface area (Å²) >= 11 is 0. The Morgan fingerprint density at radius 3 is 2.33 bits per heavy atom. The topological polar surface area (TPSA) is 49.8 Å². The highest BCUT2D eigenvalue weighted by Crippen LogP contribution is 2.51. The average molecular weight is 338 g/mol. The van der Waals surface area contributed by atoms with Gasteiger partial charge in [-0.2, -0.15) is 0 Å². The lowest BCUT2D eigenvalue weighted by atomic mass is 9.58. The van der Waals surface area contributed by atoms with Crippen molar-refractivity contribution in [3.63, 3.8) is 0 Å². The molecule has 0 aromatic heterocycles. The summed E-state index contributed by atoms with van der Waals surface area (Å²) in [5, 5.41) is 10.3. The molecule has 2 aliphatic carbocycles. The first-order valence-corrected chi connectivity index (χ1v) is 10.1. The molecule has 2 saturated carbocycles. The van der Waals surface area contributed by atoms with E-state index in [1.54, 1.807) is 0 Å². The number of hydrogen-bond donors (Lipinski definition) is 1. The van der Waals surface area contributed by atoms with Crippen LogP contribution in [0.1, 0.15) is 65.7 Å². The fourth-order valence-corrected chi connectivity index (χ4v) is 5.25. The SMILES string of the molecule is CCOC1CC(O)C12CCN(C(=O)C1CCC(C(C)C)CC1)CC2. The van der Waals surface area contributed by atoms with Gasteiger partial charge in [-0.15, -0.1) is 0 Å². The Kier molecular flexibility index (Phi) is 5.55. The maximum Gasteiger partial charge on any atom is 0.225 e. The molecular weight excluding hydrogens is 302 g/mol. The van der Waals surface area contributed by atoms with Gasteiger partial charge in [0, 0.05) is 37.5 Å². The van der Waals surface area contributed by atoms with E-state index in [1.807, 2.05) is 6.92 Å². The van der Waals surface area contributed by atoms with Crippen LogP contribution in [0.4, 0.5) is 0 Å². The van der Waals surface area contributed by atoms with Gasteiger partial charge in [-0.1, -0.05) is 13.8 Å². The first-order valence-electron chi connectivity index (χ1n) is 10.1. The van der Waals surface area contributed by atoms with Crippen LogP contribution in [-0.2, 0) is 9.53 Å². The summed E-state index contributed by atoms with van der Waals surface area (Å²) in [6, 6.07) is 0. The summed E-state index contributed by atoms with van der Waals surface area (Å²) in [6.45, 7) is 8.92. The van der Waals surface area contributed by atoms with Crippen LogP contribution in [0.2, 0.25) is 0 Å². The first kappa shape index (κ1) is 18.2. The Bertz CT molecular complexity index is 432. The lowest BCUT2D eigenvalue weighted by molar-refractivity contribution is -0.210. The van der Waals surface area contributed by atoms with Gasteiger partial charge >= 0.3 is 0 Å². The second-order valence-corrected chi connectivity index (χ2v) is 8.61. The van der Waals surface area contributed by atoms with Crippen molar-refractivity contribution in [2.75, 3.05) is 19.7 Å².